The highest BCUT2D eigenvalue weighted by Gasteiger charge is 2.26. The summed E-state index contributed by atoms with van der Waals surface area (Å²) in [6, 6.07) is 8.85. The van der Waals surface area contributed by atoms with Gasteiger partial charge in [0.2, 0.25) is 0 Å². The van der Waals surface area contributed by atoms with Gasteiger partial charge in [-0.2, -0.15) is 13.2 Å². The first-order chi connectivity index (χ1) is 6.08. The van der Waals surface area contributed by atoms with Crippen LogP contribution in [0.25, 0.3) is 6.08 Å². The van der Waals surface area contributed by atoms with Crippen molar-refractivity contribution in [2.24, 2.45) is 0 Å². The molecule has 0 saturated carbocycles. The first kappa shape index (κ1) is 10.2. The van der Waals surface area contributed by atoms with E-state index in [2.05, 4.69) is 0 Å². The Morgan fingerprint density at radius 3 is 2.23 bits per heavy atom. The van der Waals surface area contributed by atoms with Crippen LogP contribution < -0.4 is 0 Å². The van der Waals surface area contributed by atoms with Crippen LogP contribution in [0.2, 0.25) is 0 Å². The van der Waals surface area contributed by atoms with Crippen LogP contribution in [0.1, 0.15) is 5.56 Å². The van der Waals surface area contributed by atoms with Crippen molar-refractivity contribution in [2.75, 3.05) is 0 Å². The number of hydrogen-bond donors (Lipinski definition) is 0. The third kappa shape index (κ3) is 4.62. The molecule has 0 radical (unpaired) electrons. The molecule has 0 aliphatic carbocycles. The summed E-state index contributed by atoms with van der Waals surface area (Å²) in [5.41, 5.74) is -3.43. The van der Waals surface area contributed by atoms with Crippen LogP contribution in [0.4, 0.5) is 13.2 Å². The molecular weight excluding hydrogens is 197 g/mol. The normalized spacial score (nSPS) is 12.2. The molecule has 0 N–H and O–H groups in total. The van der Waals surface area contributed by atoms with Crippen LogP contribution in [0.15, 0.2) is 35.7 Å². The van der Waals surface area contributed by atoms with Crippen molar-refractivity contribution in [2.45, 2.75) is 5.51 Å². The van der Waals surface area contributed by atoms with Gasteiger partial charge < -0.3 is 0 Å². The fourth-order valence-corrected chi connectivity index (χ4v) is 1.13. The van der Waals surface area contributed by atoms with Crippen LogP contribution >= 0.6 is 11.8 Å². The smallest absolute Gasteiger partial charge is 0.160 e. The zero-order valence-electron chi connectivity index (χ0n) is 6.58. The lowest BCUT2D eigenvalue weighted by molar-refractivity contribution is -0.0319. The van der Waals surface area contributed by atoms with Gasteiger partial charge in [-0.3, -0.25) is 0 Å². The van der Waals surface area contributed by atoms with Crippen molar-refractivity contribution in [3.63, 3.8) is 0 Å². The molecule has 0 aliphatic heterocycles. The molecule has 4 heteroatoms. The van der Waals surface area contributed by atoms with E-state index in [1.165, 1.54) is 6.08 Å². The van der Waals surface area contributed by atoms with Gasteiger partial charge in [0.15, 0.2) is 0 Å². The molecule has 0 aliphatic rings. The second kappa shape index (κ2) is 4.37. The number of rotatable bonds is 2. The van der Waals surface area contributed by atoms with E-state index >= 15 is 0 Å². The highest BCUT2D eigenvalue weighted by molar-refractivity contribution is 8.03. The van der Waals surface area contributed by atoms with Crippen molar-refractivity contribution in [3.05, 3.63) is 41.3 Å². The van der Waals surface area contributed by atoms with Gasteiger partial charge in [0.1, 0.15) is 0 Å². The molecule has 0 saturated heterocycles. The van der Waals surface area contributed by atoms with E-state index in [0.717, 1.165) is 11.0 Å². The number of halogens is 3. The monoisotopic (exact) mass is 204 g/mol. The Morgan fingerprint density at radius 1 is 1.08 bits per heavy atom. The predicted molar refractivity (Wildman–Crippen MR) is 49.1 cm³/mol. The van der Waals surface area contributed by atoms with Gasteiger partial charge in [0.05, 0.1) is 0 Å². The van der Waals surface area contributed by atoms with Gasteiger partial charge in [0.25, 0.3) is 0 Å². The van der Waals surface area contributed by atoms with Crippen LogP contribution in [0.3, 0.4) is 0 Å². The fourth-order valence-electron chi connectivity index (χ4n) is 0.754. The molecule has 0 heterocycles. The molecule has 1 rings (SSSR count). The zero-order valence-corrected chi connectivity index (χ0v) is 7.40. The minimum Gasteiger partial charge on any atom is -0.160 e. The van der Waals surface area contributed by atoms with Gasteiger partial charge in [-0.25, -0.2) is 0 Å². The van der Waals surface area contributed by atoms with E-state index in [4.69, 9.17) is 0 Å². The molecule has 0 nitrogen and oxygen atoms in total. The quantitative estimate of drug-likeness (QED) is 0.703. The van der Waals surface area contributed by atoms with Crippen molar-refractivity contribution in [1.29, 1.82) is 0 Å². The summed E-state index contributed by atoms with van der Waals surface area (Å²) >= 11 is -0.152. The van der Waals surface area contributed by atoms with Crippen LogP contribution in [0, 0.1) is 0 Å². The SMILES string of the molecule is FC(F)(F)S/C=C/c1ccccc1. The molecule has 0 atom stereocenters. The molecule has 13 heavy (non-hydrogen) atoms. The van der Waals surface area contributed by atoms with Crippen LogP contribution in [-0.2, 0) is 0 Å². The molecule has 0 unspecified atom stereocenters. The fraction of sp³-hybridized carbons (Fsp3) is 0.111. The van der Waals surface area contributed by atoms with Gasteiger partial charge in [-0.15, -0.1) is 0 Å². The summed E-state index contributed by atoms with van der Waals surface area (Å²) in [6.07, 6.45) is 1.43. The summed E-state index contributed by atoms with van der Waals surface area (Å²) in [6.45, 7) is 0. The molecule has 0 aromatic heterocycles. The van der Waals surface area contributed by atoms with Crippen molar-refractivity contribution >= 4 is 17.8 Å². The summed E-state index contributed by atoms with van der Waals surface area (Å²) in [4.78, 5) is 0. The van der Waals surface area contributed by atoms with Gasteiger partial charge in [0, 0.05) is 0 Å². The van der Waals surface area contributed by atoms with Gasteiger partial charge in [-0.05, 0) is 28.8 Å². The third-order valence-corrected chi connectivity index (χ3v) is 1.80. The second-order valence-electron chi connectivity index (χ2n) is 2.28. The van der Waals surface area contributed by atoms with Crippen molar-refractivity contribution < 1.29 is 13.2 Å². The van der Waals surface area contributed by atoms with Gasteiger partial charge in [-0.1, -0.05) is 30.3 Å². The van der Waals surface area contributed by atoms with E-state index in [9.17, 15) is 13.2 Å². The highest BCUT2D eigenvalue weighted by Crippen LogP contribution is 2.31. The third-order valence-electron chi connectivity index (χ3n) is 1.26. The van der Waals surface area contributed by atoms with E-state index in [1.54, 1.807) is 24.3 Å². The summed E-state index contributed by atoms with van der Waals surface area (Å²) < 4.78 is 35.0. The molecule has 0 spiro atoms. The topological polar surface area (TPSA) is 0 Å². The maximum Gasteiger partial charge on any atom is 0.445 e. The Morgan fingerprint density at radius 2 is 1.69 bits per heavy atom. The minimum atomic E-state index is -4.19. The largest absolute Gasteiger partial charge is 0.445 e. The number of benzene rings is 1. The lowest BCUT2D eigenvalue weighted by Crippen LogP contribution is -1.96. The van der Waals surface area contributed by atoms with Gasteiger partial charge >= 0.3 is 5.51 Å². The van der Waals surface area contributed by atoms with E-state index in [-0.39, 0.29) is 11.8 Å². The Labute approximate surface area is 78.5 Å². The van der Waals surface area contributed by atoms with Crippen molar-refractivity contribution in [1.82, 2.24) is 0 Å². The predicted octanol–water partition coefficient (Wildman–Crippen LogP) is 3.91. The van der Waals surface area contributed by atoms with E-state index in [1.807, 2.05) is 6.07 Å². The maximum absolute atomic E-state index is 11.7. The van der Waals surface area contributed by atoms with Crippen LogP contribution in [0.5, 0.6) is 0 Å². The lowest BCUT2D eigenvalue weighted by Gasteiger charge is -1.98. The standard InChI is InChI=1S/C9H7F3S/c10-9(11,12)13-7-6-8-4-2-1-3-5-8/h1-7H/b7-6+. The highest BCUT2D eigenvalue weighted by atomic mass is 32.2. The Bertz CT molecular complexity index is 277. The Balaban J connectivity index is 2.51. The summed E-state index contributed by atoms with van der Waals surface area (Å²) in [5, 5.41) is 1.04. The Hall–Kier alpha value is -0.900. The van der Waals surface area contributed by atoms with E-state index < -0.39 is 5.51 Å². The number of alkyl halides is 3. The molecule has 1 aromatic rings. The summed E-state index contributed by atoms with van der Waals surface area (Å²) in [7, 11) is 0. The average molecular weight is 204 g/mol. The lowest BCUT2D eigenvalue weighted by atomic mass is 10.2. The van der Waals surface area contributed by atoms with E-state index in [0.29, 0.717) is 0 Å². The number of thioether (sulfide) groups is 1. The molecule has 1 aromatic carbocycles. The average Bonchev–Trinajstić information content (AvgIpc) is 2.04. The van der Waals surface area contributed by atoms with Crippen LogP contribution in [-0.4, -0.2) is 5.51 Å². The maximum atomic E-state index is 11.7. The summed E-state index contributed by atoms with van der Waals surface area (Å²) in [5.74, 6) is 0. The molecule has 0 amide bonds. The Kier molecular flexibility index (Phi) is 3.42. The molecule has 0 fully saturated rings. The number of hydrogen-bond acceptors (Lipinski definition) is 1. The first-order valence-electron chi connectivity index (χ1n) is 3.54. The molecule has 0 bridgehead atoms. The zero-order chi connectivity index (χ0) is 9.73. The molecular formula is C9H7F3S. The second-order valence-corrected chi connectivity index (χ2v) is 3.25. The minimum absolute atomic E-state index is 0.152. The van der Waals surface area contributed by atoms with Crippen molar-refractivity contribution in [3.8, 4) is 0 Å². The first-order valence-corrected chi connectivity index (χ1v) is 4.42. The molecule has 70 valence electrons.